The Morgan fingerprint density at radius 1 is 1.36 bits per heavy atom. The third kappa shape index (κ3) is 4.43. The number of nitrogens with two attached hydrogens (primary N) is 1. The Morgan fingerprint density at radius 3 is 2.82 bits per heavy atom. The lowest BCUT2D eigenvalue weighted by Gasteiger charge is -2.12. The molecule has 1 heterocycles. The molecule has 0 saturated carbocycles. The van der Waals surface area contributed by atoms with Gasteiger partial charge in [-0.25, -0.2) is 4.98 Å². The fourth-order valence-electron chi connectivity index (χ4n) is 2.40. The van der Waals surface area contributed by atoms with Gasteiger partial charge in [-0.2, -0.15) is 0 Å². The maximum absolute atomic E-state index is 11.8. The van der Waals surface area contributed by atoms with E-state index in [1.807, 2.05) is 43.6 Å². The maximum Gasteiger partial charge on any atom is 0.225 e. The van der Waals surface area contributed by atoms with E-state index in [9.17, 15) is 4.79 Å². The zero-order valence-electron chi connectivity index (χ0n) is 13.4. The van der Waals surface area contributed by atoms with Gasteiger partial charge in [0, 0.05) is 43.0 Å². The number of nitrogens with zero attached hydrogens (tertiary/aromatic N) is 2. The molecular formula is C17H24N4O. The highest BCUT2D eigenvalue weighted by molar-refractivity contribution is 5.91. The highest BCUT2D eigenvalue weighted by Gasteiger charge is 2.09. The summed E-state index contributed by atoms with van der Waals surface area (Å²) in [6.45, 7) is 6.82. The fourth-order valence-corrected chi connectivity index (χ4v) is 2.40. The summed E-state index contributed by atoms with van der Waals surface area (Å²) in [7, 11) is 0. The topological polar surface area (TPSA) is 72.9 Å². The molecule has 0 saturated heterocycles. The number of benzene rings is 1. The first-order valence-electron chi connectivity index (χ1n) is 7.61. The first-order valence-corrected chi connectivity index (χ1v) is 7.61. The molecule has 0 aliphatic heterocycles. The van der Waals surface area contributed by atoms with Crippen LogP contribution in [0.1, 0.15) is 44.5 Å². The summed E-state index contributed by atoms with van der Waals surface area (Å²) >= 11 is 0. The predicted octanol–water partition coefficient (Wildman–Crippen LogP) is 2.73. The van der Waals surface area contributed by atoms with Crippen LogP contribution in [0.5, 0.6) is 0 Å². The second kappa shape index (κ2) is 7.22. The van der Waals surface area contributed by atoms with Gasteiger partial charge < -0.3 is 15.6 Å². The van der Waals surface area contributed by atoms with E-state index in [0.717, 1.165) is 23.6 Å². The van der Waals surface area contributed by atoms with E-state index in [4.69, 9.17) is 5.73 Å². The number of rotatable bonds is 6. The largest absolute Gasteiger partial charge is 0.330 e. The lowest BCUT2D eigenvalue weighted by Crippen LogP contribution is -2.24. The van der Waals surface area contributed by atoms with Crippen molar-refractivity contribution in [3.05, 3.63) is 48.0 Å². The van der Waals surface area contributed by atoms with Crippen molar-refractivity contribution in [3.8, 4) is 0 Å². The number of aromatic nitrogens is 2. The Balaban J connectivity index is 2.08. The smallest absolute Gasteiger partial charge is 0.225 e. The number of carbonyl (C=O) groups is 1. The highest BCUT2D eigenvalue weighted by Crippen LogP contribution is 2.16. The van der Waals surface area contributed by atoms with E-state index in [1.54, 1.807) is 0 Å². The number of carbonyl (C=O) groups excluding carboxylic acids is 1. The molecule has 1 aromatic carbocycles. The van der Waals surface area contributed by atoms with Crippen LogP contribution < -0.4 is 11.1 Å². The molecule has 118 valence electrons. The summed E-state index contributed by atoms with van der Waals surface area (Å²) in [4.78, 5) is 16.2. The van der Waals surface area contributed by atoms with Crippen molar-refractivity contribution in [2.75, 3.05) is 5.32 Å². The van der Waals surface area contributed by atoms with E-state index < -0.39 is 0 Å². The quantitative estimate of drug-likeness (QED) is 0.861. The molecule has 0 fully saturated rings. The van der Waals surface area contributed by atoms with E-state index in [2.05, 4.69) is 28.7 Å². The van der Waals surface area contributed by atoms with Gasteiger partial charge in [-0.1, -0.05) is 26.0 Å². The average Bonchev–Trinajstić information content (AvgIpc) is 2.86. The minimum absolute atomic E-state index is 0.0577. The van der Waals surface area contributed by atoms with Crippen LogP contribution in [-0.4, -0.2) is 21.5 Å². The first-order chi connectivity index (χ1) is 10.5. The number of anilines is 1. The van der Waals surface area contributed by atoms with Crippen LogP contribution >= 0.6 is 0 Å². The molecule has 22 heavy (non-hydrogen) atoms. The van der Waals surface area contributed by atoms with Crippen molar-refractivity contribution in [1.29, 1.82) is 0 Å². The van der Waals surface area contributed by atoms with Crippen molar-refractivity contribution in [1.82, 2.24) is 9.55 Å². The molecule has 1 aromatic heterocycles. The Bertz CT molecular complexity index is 631. The molecule has 0 aliphatic rings. The standard InChI is InChI=1S/C17H24N4O/c1-12(2)17-19-7-8-21(17)11-14-5-4-6-15(10-14)20-16(22)9-13(3)18/h4-8,10,12-13H,9,11,18H2,1-3H3,(H,20,22). The van der Waals surface area contributed by atoms with Gasteiger partial charge in [-0.15, -0.1) is 0 Å². The van der Waals surface area contributed by atoms with Crippen molar-refractivity contribution >= 4 is 11.6 Å². The molecule has 5 nitrogen and oxygen atoms in total. The molecule has 1 atom stereocenters. The van der Waals surface area contributed by atoms with Crippen LogP contribution in [0.15, 0.2) is 36.7 Å². The Morgan fingerprint density at radius 2 is 2.14 bits per heavy atom. The Hall–Kier alpha value is -2.14. The monoisotopic (exact) mass is 300 g/mol. The minimum atomic E-state index is -0.136. The number of hydrogen-bond donors (Lipinski definition) is 2. The molecule has 1 unspecified atom stereocenters. The van der Waals surface area contributed by atoms with Crippen LogP contribution in [0.3, 0.4) is 0 Å². The Labute approximate surface area is 131 Å². The predicted molar refractivity (Wildman–Crippen MR) is 88.8 cm³/mol. The van der Waals surface area contributed by atoms with Crippen LogP contribution in [0.25, 0.3) is 0 Å². The van der Waals surface area contributed by atoms with Gasteiger partial charge in [-0.3, -0.25) is 4.79 Å². The third-order valence-electron chi connectivity index (χ3n) is 3.34. The molecular weight excluding hydrogens is 276 g/mol. The van der Waals surface area contributed by atoms with Crippen molar-refractivity contribution in [2.45, 2.75) is 45.7 Å². The maximum atomic E-state index is 11.8. The highest BCUT2D eigenvalue weighted by atomic mass is 16.1. The molecule has 1 amide bonds. The van der Waals surface area contributed by atoms with Crippen LogP contribution in [-0.2, 0) is 11.3 Å². The van der Waals surface area contributed by atoms with Gasteiger partial charge in [0.05, 0.1) is 0 Å². The lowest BCUT2D eigenvalue weighted by atomic mass is 10.1. The van der Waals surface area contributed by atoms with Gasteiger partial charge in [-0.05, 0) is 24.6 Å². The van der Waals surface area contributed by atoms with Crippen LogP contribution in [0.2, 0.25) is 0 Å². The van der Waals surface area contributed by atoms with Crippen molar-refractivity contribution in [2.24, 2.45) is 5.73 Å². The third-order valence-corrected chi connectivity index (χ3v) is 3.34. The Kier molecular flexibility index (Phi) is 5.33. The van der Waals surface area contributed by atoms with Crippen LogP contribution in [0.4, 0.5) is 5.69 Å². The SMILES string of the molecule is CC(N)CC(=O)Nc1cccc(Cn2ccnc2C(C)C)c1. The zero-order valence-corrected chi connectivity index (χ0v) is 13.4. The molecule has 2 rings (SSSR count). The first kappa shape index (κ1) is 16.2. The lowest BCUT2D eigenvalue weighted by molar-refractivity contribution is -0.116. The summed E-state index contributed by atoms with van der Waals surface area (Å²) in [5, 5.41) is 2.89. The average molecular weight is 300 g/mol. The molecule has 2 aromatic rings. The molecule has 0 aliphatic carbocycles. The summed E-state index contributed by atoms with van der Waals surface area (Å²) in [5.74, 6) is 1.38. The normalized spacial score (nSPS) is 12.4. The van der Waals surface area contributed by atoms with Crippen molar-refractivity contribution < 1.29 is 4.79 Å². The molecule has 5 heteroatoms. The van der Waals surface area contributed by atoms with E-state index in [-0.39, 0.29) is 11.9 Å². The van der Waals surface area contributed by atoms with Gasteiger partial charge >= 0.3 is 0 Å². The van der Waals surface area contributed by atoms with Gasteiger partial charge in [0.1, 0.15) is 5.82 Å². The van der Waals surface area contributed by atoms with Gasteiger partial charge in [0.25, 0.3) is 0 Å². The summed E-state index contributed by atoms with van der Waals surface area (Å²) in [6.07, 6.45) is 4.13. The molecule has 3 N–H and O–H groups in total. The summed E-state index contributed by atoms with van der Waals surface area (Å²) in [5.41, 5.74) is 7.56. The molecule has 0 spiro atoms. The van der Waals surface area contributed by atoms with E-state index in [0.29, 0.717) is 12.3 Å². The minimum Gasteiger partial charge on any atom is -0.330 e. The number of imidazole rings is 1. The molecule has 0 radical (unpaired) electrons. The van der Waals surface area contributed by atoms with Crippen molar-refractivity contribution in [3.63, 3.8) is 0 Å². The zero-order chi connectivity index (χ0) is 16.1. The summed E-state index contributed by atoms with van der Waals surface area (Å²) < 4.78 is 2.13. The summed E-state index contributed by atoms with van der Waals surface area (Å²) in [6, 6.07) is 7.74. The van der Waals surface area contributed by atoms with Crippen LogP contribution in [0, 0.1) is 0 Å². The number of nitrogens with one attached hydrogen (secondary N) is 1. The molecule has 0 bridgehead atoms. The second-order valence-corrected chi connectivity index (χ2v) is 6.00. The van der Waals surface area contributed by atoms with Gasteiger partial charge in [0.2, 0.25) is 5.91 Å². The number of hydrogen-bond acceptors (Lipinski definition) is 3. The van der Waals surface area contributed by atoms with Gasteiger partial charge in [0.15, 0.2) is 0 Å². The number of amides is 1. The fraction of sp³-hybridized carbons (Fsp3) is 0.412. The van der Waals surface area contributed by atoms with E-state index >= 15 is 0 Å². The second-order valence-electron chi connectivity index (χ2n) is 6.00. The van der Waals surface area contributed by atoms with E-state index in [1.165, 1.54) is 0 Å².